The predicted octanol–water partition coefficient (Wildman–Crippen LogP) is 2.42. The first kappa shape index (κ1) is 8.67. The minimum Gasteiger partial charge on any atom is -0.252 e. The number of rotatable bonds is 2. The lowest BCUT2D eigenvalue weighted by Crippen LogP contribution is -1.89. The molecule has 0 aromatic carbocycles. The summed E-state index contributed by atoms with van der Waals surface area (Å²) in [5.41, 5.74) is 5.71. The summed E-state index contributed by atoms with van der Waals surface area (Å²) >= 11 is 0. The Morgan fingerprint density at radius 3 is 3.07 bits per heavy atom. The highest BCUT2D eigenvalue weighted by Gasteiger charge is 1.91. The summed E-state index contributed by atoms with van der Waals surface area (Å²) in [6.07, 6.45) is 7.41. The van der Waals surface area contributed by atoms with Crippen LogP contribution in [0.1, 0.15) is 11.4 Å². The summed E-state index contributed by atoms with van der Waals surface area (Å²) < 4.78 is 0. The fourth-order valence-electron chi connectivity index (χ4n) is 1.17. The van der Waals surface area contributed by atoms with E-state index in [0.717, 1.165) is 17.1 Å². The van der Waals surface area contributed by atoms with Crippen molar-refractivity contribution in [1.82, 2.24) is 4.98 Å². The van der Waals surface area contributed by atoms with Crippen molar-refractivity contribution in [3.8, 4) is 0 Å². The fraction of sp³-hybridized carbons (Fsp3) is 0.0833. The first-order valence-corrected chi connectivity index (χ1v) is 4.46. The van der Waals surface area contributed by atoms with Gasteiger partial charge < -0.3 is 0 Å². The van der Waals surface area contributed by atoms with Gasteiger partial charge in [0.1, 0.15) is 5.70 Å². The predicted molar refractivity (Wildman–Crippen MR) is 57.3 cm³/mol. The number of pyridine rings is 1. The number of aryl methyl sites for hydroxylation is 1. The zero-order valence-corrected chi connectivity index (χ0v) is 7.94. The lowest BCUT2D eigenvalue weighted by atomic mass is 10.3. The number of aliphatic imine (C=N–C) groups is 1. The van der Waals surface area contributed by atoms with Crippen molar-refractivity contribution >= 4 is 6.21 Å². The molecule has 1 aliphatic rings. The second-order valence-corrected chi connectivity index (χ2v) is 3.02. The number of hydrogen-bond acceptors (Lipinski definition) is 2. The van der Waals surface area contributed by atoms with E-state index in [2.05, 4.69) is 15.7 Å². The van der Waals surface area contributed by atoms with Crippen LogP contribution in [-0.2, 0) is 0 Å². The van der Waals surface area contributed by atoms with E-state index in [0.29, 0.717) is 0 Å². The van der Waals surface area contributed by atoms with E-state index < -0.39 is 0 Å². The van der Waals surface area contributed by atoms with Crippen LogP contribution in [0.3, 0.4) is 0 Å². The molecule has 68 valence electrons. The Bertz CT molecular complexity index is 461. The maximum Gasteiger partial charge on any atom is 0.105 e. The highest BCUT2D eigenvalue weighted by Crippen LogP contribution is 2.03. The molecule has 0 spiro atoms. The van der Waals surface area contributed by atoms with E-state index in [-0.39, 0.29) is 0 Å². The molecule has 2 rings (SSSR count). The van der Waals surface area contributed by atoms with E-state index in [4.69, 9.17) is 0 Å². The molecule has 2 heteroatoms. The van der Waals surface area contributed by atoms with Crippen molar-refractivity contribution in [2.45, 2.75) is 6.92 Å². The van der Waals surface area contributed by atoms with Crippen molar-refractivity contribution < 1.29 is 0 Å². The van der Waals surface area contributed by atoms with Crippen molar-refractivity contribution in [2.75, 3.05) is 0 Å². The molecule has 1 heterocycles. The Morgan fingerprint density at radius 1 is 1.43 bits per heavy atom. The van der Waals surface area contributed by atoms with Crippen LogP contribution in [-0.4, -0.2) is 11.2 Å². The van der Waals surface area contributed by atoms with Gasteiger partial charge in [-0.05, 0) is 31.2 Å². The van der Waals surface area contributed by atoms with Crippen LogP contribution < -0.4 is 0 Å². The fourth-order valence-corrected chi connectivity index (χ4v) is 1.17. The average Bonchev–Trinajstić information content (AvgIpc) is 2.67. The van der Waals surface area contributed by atoms with Crippen LogP contribution in [0.25, 0.3) is 0 Å². The molecule has 0 radical (unpaired) electrons. The molecule has 1 aromatic heterocycles. The Morgan fingerprint density at radius 2 is 2.36 bits per heavy atom. The highest BCUT2D eigenvalue weighted by molar-refractivity contribution is 5.78. The first-order chi connectivity index (χ1) is 6.84. The largest absolute Gasteiger partial charge is 0.252 e. The monoisotopic (exact) mass is 182 g/mol. The van der Waals surface area contributed by atoms with E-state index >= 15 is 0 Å². The summed E-state index contributed by atoms with van der Waals surface area (Å²) in [7, 11) is 0. The molecule has 1 aliphatic carbocycles. The standard InChI is InChI=1S/C12H10N2/c1-10-5-4-8-12(14-10)9-13-11-6-2-3-7-11/h2-6,8-9H,1H3. The Balaban J connectivity index is 2.18. The van der Waals surface area contributed by atoms with Gasteiger partial charge in [-0.2, -0.15) is 0 Å². The van der Waals surface area contributed by atoms with Crippen molar-refractivity contribution in [3.05, 3.63) is 59.2 Å². The molecule has 0 N–H and O–H groups in total. The van der Waals surface area contributed by atoms with Crippen molar-refractivity contribution in [2.24, 2.45) is 4.99 Å². The van der Waals surface area contributed by atoms with Gasteiger partial charge >= 0.3 is 0 Å². The molecular formula is C12H10N2. The van der Waals surface area contributed by atoms with E-state index in [1.54, 1.807) is 6.21 Å². The van der Waals surface area contributed by atoms with Gasteiger partial charge in [-0.1, -0.05) is 17.9 Å². The third kappa shape index (κ3) is 2.06. The lowest BCUT2D eigenvalue weighted by Gasteiger charge is -1.93. The van der Waals surface area contributed by atoms with Gasteiger partial charge in [0.25, 0.3) is 0 Å². The topological polar surface area (TPSA) is 25.2 Å². The molecule has 0 fully saturated rings. The van der Waals surface area contributed by atoms with E-state index in [9.17, 15) is 0 Å². The molecule has 0 unspecified atom stereocenters. The zero-order chi connectivity index (χ0) is 9.80. The molecule has 0 amide bonds. The molecule has 14 heavy (non-hydrogen) atoms. The minimum absolute atomic E-state index is 0.841. The van der Waals surface area contributed by atoms with Gasteiger partial charge in [-0.3, -0.25) is 4.98 Å². The molecular weight excluding hydrogens is 172 g/mol. The van der Waals surface area contributed by atoms with Gasteiger partial charge in [0.05, 0.1) is 11.9 Å². The lowest BCUT2D eigenvalue weighted by molar-refractivity contribution is 1.18. The summed E-state index contributed by atoms with van der Waals surface area (Å²) in [5.74, 6) is 0. The van der Waals surface area contributed by atoms with Crippen LogP contribution in [0.4, 0.5) is 0 Å². The molecule has 0 saturated heterocycles. The van der Waals surface area contributed by atoms with Crippen LogP contribution in [0.15, 0.2) is 52.8 Å². The van der Waals surface area contributed by atoms with Gasteiger partial charge in [-0.15, -0.1) is 0 Å². The minimum atomic E-state index is 0.841. The van der Waals surface area contributed by atoms with Crippen molar-refractivity contribution in [3.63, 3.8) is 0 Å². The van der Waals surface area contributed by atoms with Gasteiger partial charge in [0.15, 0.2) is 0 Å². The SMILES string of the molecule is Cc1cccc(C=NC2=C=CC=C2)n1. The Kier molecular flexibility index (Phi) is 2.39. The number of aromatic nitrogens is 1. The zero-order valence-electron chi connectivity index (χ0n) is 7.94. The normalized spacial score (nSPS) is 13.9. The van der Waals surface area contributed by atoms with Crippen LogP contribution >= 0.6 is 0 Å². The molecule has 0 aliphatic heterocycles. The van der Waals surface area contributed by atoms with Gasteiger partial charge in [-0.25, -0.2) is 4.99 Å². The third-order valence-electron chi connectivity index (χ3n) is 1.83. The summed E-state index contributed by atoms with van der Waals surface area (Å²) in [4.78, 5) is 8.54. The second-order valence-electron chi connectivity index (χ2n) is 3.02. The number of nitrogens with zero attached hydrogens (tertiary/aromatic N) is 2. The average molecular weight is 182 g/mol. The molecule has 0 atom stereocenters. The summed E-state index contributed by atoms with van der Waals surface area (Å²) in [6.45, 7) is 1.96. The van der Waals surface area contributed by atoms with E-state index in [1.165, 1.54) is 0 Å². The highest BCUT2D eigenvalue weighted by atomic mass is 14.8. The quantitative estimate of drug-likeness (QED) is 0.509. The van der Waals surface area contributed by atoms with Gasteiger partial charge in [0.2, 0.25) is 0 Å². The molecule has 0 saturated carbocycles. The second kappa shape index (κ2) is 3.86. The summed E-state index contributed by atoms with van der Waals surface area (Å²) in [5, 5.41) is 0. The Labute approximate surface area is 83.0 Å². The molecule has 0 bridgehead atoms. The maximum atomic E-state index is 4.31. The molecule has 2 nitrogen and oxygen atoms in total. The van der Waals surface area contributed by atoms with Crippen LogP contribution in [0.5, 0.6) is 0 Å². The Hall–Kier alpha value is -1.92. The van der Waals surface area contributed by atoms with E-state index in [1.807, 2.05) is 43.4 Å². The third-order valence-corrected chi connectivity index (χ3v) is 1.83. The maximum absolute atomic E-state index is 4.31. The van der Waals surface area contributed by atoms with Crippen LogP contribution in [0, 0.1) is 6.92 Å². The van der Waals surface area contributed by atoms with Gasteiger partial charge in [0, 0.05) is 5.69 Å². The first-order valence-electron chi connectivity index (χ1n) is 4.46. The van der Waals surface area contributed by atoms with Crippen LogP contribution in [0.2, 0.25) is 0 Å². The molecule has 1 aromatic rings. The summed E-state index contributed by atoms with van der Waals surface area (Å²) in [6, 6.07) is 5.86. The smallest absolute Gasteiger partial charge is 0.105 e. The number of hydrogen-bond donors (Lipinski definition) is 0. The van der Waals surface area contributed by atoms with Crippen molar-refractivity contribution in [1.29, 1.82) is 0 Å². The number of allylic oxidation sites excluding steroid dienone is 2.